The van der Waals surface area contributed by atoms with Crippen molar-refractivity contribution in [1.29, 1.82) is 0 Å². The van der Waals surface area contributed by atoms with Crippen LogP contribution < -0.4 is 0 Å². The van der Waals surface area contributed by atoms with Crippen LogP contribution in [0.4, 0.5) is 0 Å². The van der Waals surface area contributed by atoms with E-state index in [0.29, 0.717) is 0 Å². The van der Waals surface area contributed by atoms with E-state index in [2.05, 4.69) is 15.3 Å². The van der Waals surface area contributed by atoms with Crippen molar-refractivity contribution in [2.24, 2.45) is 5.92 Å². The third-order valence-corrected chi connectivity index (χ3v) is 5.09. The molecule has 2 aromatic heterocycles. The van der Waals surface area contributed by atoms with Gasteiger partial charge in [0.1, 0.15) is 5.76 Å². The van der Waals surface area contributed by atoms with Crippen LogP contribution in [-0.2, 0) is 11.3 Å². The van der Waals surface area contributed by atoms with Crippen LogP contribution in [0.2, 0.25) is 0 Å². The van der Waals surface area contributed by atoms with Gasteiger partial charge in [-0.1, -0.05) is 0 Å². The average molecular weight is 333 g/mol. The highest BCUT2D eigenvalue weighted by Gasteiger charge is 2.27. The minimum Gasteiger partial charge on any atom is -0.459 e. The Morgan fingerprint density at radius 1 is 1.48 bits per heavy atom. The van der Waals surface area contributed by atoms with Gasteiger partial charge in [-0.3, -0.25) is 9.69 Å². The fourth-order valence-electron chi connectivity index (χ4n) is 3.04. The van der Waals surface area contributed by atoms with E-state index in [1.807, 2.05) is 33.2 Å². The summed E-state index contributed by atoms with van der Waals surface area (Å²) < 4.78 is 5.63. The topological polar surface area (TPSA) is 49.6 Å². The molecule has 3 heterocycles. The normalized spacial score (nSPS) is 19.0. The molecule has 1 atom stereocenters. The number of rotatable bonds is 4. The van der Waals surface area contributed by atoms with Gasteiger partial charge in [0, 0.05) is 32.6 Å². The molecule has 23 heavy (non-hydrogen) atoms. The molecular formula is C17H23N3O2S. The van der Waals surface area contributed by atoms with Crippen LogP contribution in [0, 0.1) is 12.8 Å². The molecule has 0 aliphatic carbocycles. The zero-order valence-electron chi connectivity index (χ0n) is 13.9. The van der Waals surface area contributed by atoms with Gasteiger partial charge in [0.05, 0.1) is 11.6 Å². The molecule has 124 valence electrons. The lowest BCUT2D eigenvalue weighted by Crippen LogP contribution is -2.42. The number of piperidine rings is 1. The largest absolute Gasteiger partial charge is 0.459 e. The minimum atomic E-state index is 0.115. The molecule has 2 aromatic rings. The molecule has 0 saturated carbocycles. The van der Waals surface area contributed by atoms with Gasteiger partial charge in [-0.25, -0.2) is 4.98 Å². The van der Waals surface area contributed by atoms with E-state index >= 15 is 0 Å². The summed E-state index contributed by atoms with van der Waals surface area (Å²) in [6.45, 7) is 4.59. The quantitative estimate of drug-likeness (QED) is 0.863. The van der Waals surface area contributed by atoms with Gasteiger partial charge in [-0.2, -0.15) is 0 Å². The van der Waals surface area contributed by atoms with E-state index in [0.717, 1.165) is 54.7 Å². The maximum Gasteiger partial charge on any atom is 0.226 e. The van der Waals surface area contributed by atoms with Crippen molar-refractivity contribution in [3.05, 3.63) is 29.0 Å². The summed E-state index contributed by atoms with van der Waals surface area (Å²) in [6, 6.07) is 3.92. The number of nitrogens with zero attached hydrogens (tertiary/aromatic N) is 3. The van der Waals surface area contributed by atoms with Gasteiger partial charge >= 0.3 is 0 Å². The third kappa shape index (κ3) is 3.82. The van der Waals surface area contributed by atoms with Crippen LogP contribution in [0.1, 0.15) is 24.3 Å². The third-order valence-electron chi connectivity index (χ3n) is 4.18. The molecule has 0 spiro atoms. The van der Waals surface area contributed by atoms with E-state index in [1.165, 1.54) is 0 Å². The van der Waals surface area contributed by atoms with Crippen LogP contribution in [0.5, 0.6) is 0 Å². The second-order valence-corrected chi connectivity index (χ2v) is 7.22. The molecule has 0 N–H and O–H groups in total. The molecule has 1 aliphatic rings. The summed E-state index contributed by atoms with van der Waals surface area (Å²) >= 11 is 1.61. The Morgan fingerprint density at radius 3 is 3.00 bits per heavy atom. The lowest BCUT2D eigenvalue weighted by molar-refractivity contribution is -0.134. The molecule has 1 amide bonds. The highest BCUT2D eigenvalue weighted by molar-refractivity contribution is 7.13. The SMILES string of the molecule is Cc1ccc(-c2nc(CN3CCC[C@@H](C(=O)N(C)C)C3)cs2)o1. The van der Waals surface area contributed by atoms with E-state index in [1.54, 1.807) is 16.2 Å². The van der Waals surface area contributed by atoms with Crippen LogP contribution in [0.3, 0.4) is 0 Å². The molecule has 1 aliphatic heterocycles. The first-order chi connectivity index (χ1) is 11.0. The number of hydrogen-bond donors (Lipinski definition) is 0. The summed E-state index contributed by atoms with van der Waals surface area (Å²) in [4.78, 5) is 20.9. The molecule has 5 nitrogen and oxygen atoms in total. The molecule has 6 heteroatoms. The number of thiazole rings is 1. The average Bonchev–Trinajstić information content (AvgIpc) is 3.15. The summed E-state index contributed by atoms with van der Waals surface area (Å²) in [7, 11) is 3.67. The van der Waals surface area contributed by atoms with Crippen molar-refractivity contribution in [2.75, 3.05) is 27.2 Å². The van der Waals surface area contributed by atoms with Gasteiger partial charge in [-0.15, -0.1) is 11.3 Å². The fourth-order valence-corrected chi connectivity index (χ4v) is 3.81. The van der Waals surface area contributed by atoms with Crippen molar-refractivity contribution in [1.82, 2.24) is 14.8 Å². The van der Waals surface area contributed by atoms with Crippen molar-refractivity contribution in [3.63, 3.8) is 0 Å². The molecule has 0 bridgehead atoms. The van der Waals surface area contributed by atoms with Gasteiger partial charge in [0.15, 0.2) is 10.8 Å². The minimum absolute atomic E-state index is 0.115. The number of aromatic nitrogens is 1. The first-order valence-corrected chi connectivity index (χ1v) is 8.85. The maximum absolute atomic E-state index is 12.2. The Labute approximate surface area is 140 Å². The molecular weight excluding hydrogens is 310 g/mol. The molecule has 0 aromatic carbocycles. The Hall–Kier alpha value is -1.66. The van der Waals surface area contributed by atoms with E-state index in [9.17, 15) is 4.79 Å². The number of likely N-dealkylation sites (tertiary alicyclic amines) is 1. The van der Waals surface area contributed by atoms with Crippen LogP contribution in [-0.4, -0.2) is 47.9 Å². The van der Waals surface area contributed by atoms with Gasteiger partial charge in [0.25, 0.3) is 0 Å². The van der Waals surface area contributed by atoms with Gasteiger partial charge in [-0.05, 0) is 38.4 Å². The van der Waals surface area contributed by atoms with Crippen molar-refractivity contribution >= 4 is 17.2 Å². The fraction of sp³-hybridized carbons (Fsp3) is 0.529. The van der Waals surface area contributed by atoms with Crippen molar-refractivity contribution in [3.8, 4) is 10.8 Å². The number of carbonyl (C=O) groups excluding carboxylic acids is 1. The molecule has 0 unspecified atom stereocenters. The first-order valence-electron chi connectivity index (χ1n) is 7.97. The number of carbonyl (C=O) groups is 1. The Morgan fingerprint density at radius 2 is 2.30 bits per heavy atom. The summed E-state index contributed by atoms with van der Waals surface area (Å²) in [5.74, 6) is 2.08. The first kappa shape index (κ1) is 16.2. The Bertz CT molecular complexity index is 677. The summed E-state index contributed by atoms with van der Waals surface area (Å²) in [5, 5.41) is 3.01. The standard InChI is InChI=1S/C17H23N3O2S/c1-12-6-7-15(22-12)16-18-14(11-23-16)10-20-8-4-5-13(9-20)17(21)19(2)3/h6-7,11,13H,4-5,8-10H2,1-3H3/t13-/m1/s1. The lowest BCUT2D eigenvalue weighted by Gasteiger charge is -2.32. The summed E-state index contributed by atoms with van der Waals surface area (Å²) in [5.41, 5.74) is 1.05. The predicted molar refractivity (Wildman–Crippen MR) is 91.2 cm³/mol. The second kappa shape index (κ2) is 6.84. The van der Waals surface area contributed by atoms with E-state index in [4.69, 9.17) is 4.42 Å². The number of aryl methyl sites for hydroxylation is 1. The highest BCUT2D eigenvalue weighted by Crippen LogP contribution is 2.27. The second-order valence-electron chi connectivity index (χ2n) is 6.36. The maximum atomic E-state index is 12.2. The molecule has 0 radical (unpaired) electrons. The molecule has 1 saturated heterocycles. The number of furan rings is 1. The summed E-state index contributed by atoms with van der Waals surface area (Å²) in [6.07, 6.45) is 2.06. The number of hydrogen-bond acceptors (Lipinski definition) is 5. The van der Waals surface area contributed by atoms with Crippen molar-refractivity contribution in [2.45, 2.75) is 26.3 Å². The lowest BCUT2D eigenvalue weighted by atomic mass is 9.96. The van der Waals surface area contributed by atoms with E-state index in [-0.39, 0.29) is 11.8 Å². The van der Waals surface area contributed by atoms with Gasteiger partial charge < -0.3 is 9.32 Å². The van der Waals surface area contributed by atoms with Crippen LogP contribution in [0.25, 0.3) is 10.8 Å². The number of amides is 1. The zero-order valence-corrected chi connectivity index (χ0v) is 14.7. The Kier molecular flexibility index (Phi) is 4.82. The van der Waals surface area contributed by atoms with Crippen LogP contribution >= 0.6 is 11.3 Å². The van der Waals surface area contributed by atoms with E-state index < -0.39 is 0 Å². The zero-order chi connectivity index (χ0) is 16.4. The van der Waals surface area contributed by atoms with Crippen LogP contribution in [0.15, 0.2) is 21.9 Å². The molecule has 1 fully saturated rings. The smallest absolute Gasteiger partial charge is 0.226 e. The predicted octanol–water partition coefficient (Wildman–Crippen LogP) is 3.01. The van der Waals surface area contributed by atoms with Crippen molar-refractivity contribution < 1.29 is 9.21 Å². The molecule has 3 rings (SSSR count). The Balaban J connectivity index is 1.63. The monoisotopic (exact) mass is 333 g/mol. The van der Waals surface area contributed by atoms with Gasteiger partial charge in [0.2, 0.25) is 5.91 Å². The highest BCUT2D eigenvalue weighted by atomic mass is 32.1.